The second kappa shape index (κ2) is 12.7. The van der Waals surface area contributed by atoms with Crippen molar-refractivity contribution in [2.45, 2.75) is 0 Å². The van der Waals surface area contributed by atoms with Crippen molar-refractivity contribution >= 4 is 59.3 Å². The second-order valence-electron chi connectivity index (χ2n) is 0.672. The first kappa shape index (κ1) is 23.5. The molecule has 0 spiro atoms. The fourth-order valence-corrected chi connectivity index (χ4v) is 0. The van der Waals surface area contributed by atoms with E-state index in [0.29, 0.717) is 0 Å². The van der Waals surface area contributed by atoms with Crippen molar-refractivity contribution in [2.24, 2.45) is 0 Å². The van der Waals surface area contributed by atoms with Crippen LogP contribution in [0.25, 0.3) is 0 Å². The van der Waals surface area contributed by atoms with Crippen molar-refractivity contribution in [1.29, 1.82) is 0 Å². The average molecular weight is 395 g/mol. The Bertz CT molecular complexity index is 150. The van der Waals surface area contributed by atoms with Crippen LogP contribution in [0.3, 0.4) is 0 Å². The van der Waals surface area contributed by atoms with Crippen LogP contribution in [0.15, 0.2) is 0 Å². The van der Waals surface area contributed by atoms with Gasteiger partial charge in [0.2, 0.25) is 25.2 Å². The van der Waals surface area contributed by atoms with E-state index in [-0.39, 0.29) is 55.0 Å². The molecule has 0 aliphatic rings. The zero-order valence-corrected chi connectivity index (χ0v) is 12.3. The number of rotatable bonds is 1. The third-order valence-electron chi connectivity index (χ3n) is 0.0913. The van der Waals surface area contributed by atoms with Gasteiger partial charge in [-0.1, -0.05) is 0 Å². The van der Waals surface area contributed by atoms with Gasteiger partial charge in [0.15, 0.2) is 0 Å². The van der Waals surface area contributed by atoms with Gasteiger partial charge >= 0.3 is 48.9 Å². The van der Waals surface area contributed by atoms with Crippen molar-refractivity contribution in [1.82, 2.24) is 6.15 Å². The van der Waals surface area contributed by atoms with Crippen LogP contribution in [0.5, 0.6) is 0 Å². The SMILES string of the molecule is N.O=S(=O)([O-])OO.[Ba+2].[O-][Br+2]([O-])[O-]. The Morgan fingerprint density at radius 1 is 1.25 bits per heavy atom. The van der Waals surface area contributed by atoms with Gasteiger partial charge in [0, 0.05) is 0 Å². The quantitative estimate of drug-likeness (QED) is 0.144. The fraction of sp³-hybridized carbons (Fsp3) is 0. The Morgan fingerprint density at radius 2 is 1.33 bits per heavy atom. The molecule has 0 bridgehead atoms. The van der Waals surface area contributed by atoms with Crippen molar-refractivity contribution in [3.63, 3.8) is 0 Å². The van der Waals surface area contributed by atoms with E-state index in [1.165, 1.54) is 0 Å². The monoisotopic (exact) mass is 395 g/mol. The minimum atomic E-state index is -4.86. The molecule has 0 saturated heterocycles. The van der Waals surface area contributed by atoms with Gasteiger partial charge in [-0.3, -0.25) is 0 Å². The molecule has 12 heavy (non-hydrogen) atoms. The second-order valence-corrected chi connectivity index (χ2v) is 2.43. The summed E-state index contributed by atoms with van der Waals surface area (Å²) in [4.78, 5) is 0. The Hall–Kier alpha value is 1.72. The van der Waals surface area contributed by atoms with Crippen molar-refractivity contribution in [3.8, 4) is 0 Å². The molecule has 0 fully saturated rings. The van der Waals surface area contributed by atoms with E-state index in [2.05, 4.69) is 4.33 Å². The molecule has 0 radical (unpaired) electrons. The van der Waals surface area contributed by atoms with Crippen molar-refractivity contribution < 1.29 is 50.0 Å². The smallest absolute Gasteiger partial charge is 0.724 e. The van der Waals surface area contributed by atoms with Gasteiger partial charge < -0.3 is 23.3 Å². The van der Waals surface area contributed by atoms with Crippen LogP contribution >= 0.6 is 0 Å². The molecule has 0 saturated carbocycles. The van der Waals surface area contributed by atoms with E-state index in [9.17, 15) is 0 Å². The molecule has 12 heteroatoms. The average Bonchev–Trinajstić information content (AvgIpc) is 1.63. The normalized spacial score (nSPS) is 8.83. The van der Waals surface area contributed by atoms with Crippen LogP contribution in [0.4, 0.5) is 0 Å². The van der Waals surface area contributed by atoms with Crippen LogP contribution in [0.2, 0.25) is 0 Å². The largest absolute Gasteiger partial charge is 2.00 e. The number of halogens is 1. The van der Waals surface area contributed by atoms with Crippen LogP contribution in [0, 0.1) is 14.8 Å². The summed E-state index contributed by atoms with van der Waals surface area (Å²) in [5.74, 6) is 0. The van der Waals surface area contributed by atoms with Crippen molar-refractivity contribution in [3.05, 3.63) is 0 Å². The molecule has 0 rings (SSSR count). The van der Waals surface area contributed by atoms with Crippen LogP contribution in [-0.4, -0.2) is 67.1 Å². The molecular weight excluding hydrogens is 391 g/mol. The summed E-state index contributed by atoms with van der Waals surface area (Å²) in [5, 5.41) is 7.00. The molecule has 0 aromatic carbocycles. The fourth-order valence-electron chi connectivity index (χ4n) is 0. The molecular formula is H4BaBrNO8S. The summed E-state index contributed by atoms with van der Waals surface area (Å²) in [7, 11) is -4.86. The Balaban J connectivity index is -0.0000000483. The third kappa shape index (κ3) is 60.4. The number of hydrogen-bond acceptors (Lipinski definition) is 9. The Morgan fingerprint density at radius 3 is 1.33 bits per heavy atom. The van der Waals surface area contributed by atoms with E-state index in [1.807, 2.05) is 0 Å². The molecule has 0 heterocycles. The van der Waals surface area contributed by atoms with Gasteiger partial charge in [0.1, 0.15) is 0 Å². The minimum absolute atomic E-state index is 0. The van der Waals surface area contributed by atoms with Gasteiger partial charge in [-0.2, -0.15) is 0 Å². The van der Waals surface area contributed by atoms with Gasteiger partial charge in [-0.05, 0) is 0 Å². The van der Waals surface area contributed by atoms with E-state index in [4.69, 9.17) is 30.8 Å². The van der Waals surface area contributed by atoms with Gasteiger partial charge in [-0.25, -0.2) is 13.7 Å². The topological polar surface area (TPSA) is 191 Å². The zero-order valence-electron chi connectivity index (χ0n) is 5.51. The standard InChI is InChI=1S/Ba.BrO3.H3N.H2O5S/c;2-1(3)4;;1-5-6(2,3)4/h;;1H3;1H,(H,2,3,4)/q+2;-1;;/p-1. The summed E-state index contributed by atoms with van der Waals surface area (Å²) >= 11 is -3.65. The summed E-state index contributed by atoms with van der Waals surface area (Å²) in [6.45, 7) is 0. The molecule has 72 valence electrons. The Labute approximate surface area is 114 Å². The molecule has 0 aromatic rings. The van der Waals surface area contributed by atoms with Gasteiger partial charge in [0.25, 0.3) is 0 Å². The van der Waals surface area contributed by atoms with Gasteiger partial charge in [-0.15, -0.1) is 4.33 Å². The molecule has 0 aliphatic carbocycles. The third-order valence-corrected chi connectivity index (χ3v) is 0.274. The predicted molar refractivity (Wildman–Crippen MR) is 24.2 cm³/mol. The van der Waals surface area contributed by atoms with Crippen molar-refractivity contribution in [2.75, 3.05) is 0 Å². The summed E-state index contributed by atoms with van der Waals surface area (Å²) < 4.78 is 54.8. The summed E-state index contributed by atoms with van der Waals surface area (Å²) in [6.07, 6.45) is 0. The van der Waals surface area contributed by atoms with Gasteiger partial charge in [0.05, 0.1) is 0 Å². The maximum Gasteiger partial charge on any atom is 2.00 e. The first-order valence-electron chi connectivity index (χ1n) is 1.31. The van der Waals surface area contributed by atoms with E-state index < -0.39 is 25.2 Å². The first-order chi connectivity index (χ1) is 4.29. The summed E-state index contributed by atoms with van der Waals surface area (Å²) in [6, 6.07) is 0. The molecule has 0 aromatic heterocycles. The van der Waals surface area contributed by atoms with Crippen LogP contribution in [-0.2, 0) is 14.7 Å². The first-order valence-corrected chi connectivity index (χ1v) is 4.59. The number of hydrogen-bond donors (Lipinski definition) is 2. The maximum atomic E-state index is 8.97. The summed E-state index contributed by atoms with van der Waals surface area (Å²) in [5.41, 5.74) is 0. The molecule has 9 nitrogen and oxygen atoms in total. The molecule has 4 N–H and O–H groups in total. The molecule has 0 aliphatic heterocycles. The predicted octanol–water partition coefficient (Wildman–Crippen LogP) is -4.85. The molecule has 0 unspecified atom stereocenters. The zero-order chi connectivity index (χ0) is 8.78. The maximum absolute atomic E-state index is 8.97. The van der Waals surface area contributed by atoms with Crippen LogP contribution < -0.4 is 18.7 Å². The minimum Gasteiger partial charge on any atom is -0.724 e. The van der Waals surface area contributed by atoms with Crippen LogP contribution in [0.1, 0.15) is 0 Å². The molecule has 0 atom stereocenters. The van der Waals surface area contributed by atoms with E-state index in [0.717, 1.165) is 0 Å². The molecule has 0 amide bonds. The van der Waals surface area contributed by atoms with E-state index in [1.54, 1.807) is 0 Å². The Kier molecular flexibility index (Phi) is 24.9. The van der Waals surface area contributed by atoms with E-state index >= 15 is 0 Å².